The van der Waals surface area contributed by atoms with E-state index in [1.54, 1.807) is 12.1 Å². The molecule has 1 aromatic heterocycles. The van der Waals surface area contributed by atoms with Crippen LogP contribution in [-0.2, 0) is 11.3 Å². The van der Waals surface area contributed by atoms with Crippen molar-refractivity contribution in [1.29, 1.82) is 0 Å². The molecule has 2 fully saturated rings. The molecule has 0 unspecified atom stereocenters. The van der Waals surface area contributed by atoms with Crippen LogP contribution in [0, 0.1) is 5.82 Å². The number of rotatable bonds is 5. The Hall–Kier alpha value is -1.76. The highest BCUT2D eigenvalue weighted by Gasteiger charge is 2.24. The van der Waals surface area contributed by atoms with Gasteiger partial charge in [0.05, 0.1) is 13.2 Å². The number of benzene rings is 1. The van der Waals surface area contributed by atoms with Gasteiger partial charge in [0.15, 0.2) is 5.43 Å². The van der Waals surface area contributed by atoms with Crippen LogP contribution in [0.4, 0.5) is 4.39 Å². The van der Waals surface area contributed by atoms with Crippen LogP contribution in [0.2, 0.25) is 0 Å². The van der Waals surface area contributed by atoms with E-state index in [1.807, 2.05) is 0 Å². The van der Waals surface area contributed by atoms with Gasteiger partial charge in [0.2, 0.25) is 0 Å². The SMILES string of the molecule is O=c1cc(CN2CCCC[C@H]2CCN2CCOCC2)[nH]c2ccc(F)cc12. The molecular weight excluding hydrogens is 345 g/mol. The van der Waals surface area contributed by atoms with Gasteiger partial charge in [0.25, 0.3) is 0 Å². The lowest BCUT2D eigenvalue weighted by molar-refractivity contribution is 0.0301. The lowest BCUT2D eigenvalue weighted by atomic mass is 9.98. The van der Waals surface area contributed by atoms with Crippen LogP contribution >= 0.6 is 0 Å². The number of aromatic amines is 1. The standard InChI is InChI=1S/C21H28FN3O2/c22-16-4-5-20-19(13-16)21(26)14-17(23-20)15-25-7-2-1-3-18(25)6-8-24-9-11-27-12-10-24/h4-5,13-14,18H,1-3,6-12,15H2,(H,23,26)/t18-/m0/s1. The number of pyridine rings is 1. The number of likely N-dealkylation sites (tertiary alicyclic amines) is 1. The van der Waals surface area contributed by atoms with Gasteiger partial charge in [-0.3, -0.25) is 14.6 Å². The van der Waals surface area contributed by atoms with Crippen LogP contribution in [0.25, 0.3) is 10.9 Å². The molecule has 0 aliphatic carbocycles. The van der Waals surface area contributed by atoms with Crippen LogP contribution < -0.4 is 5.43 Å². The topological polar surface area (TPSA) is 48.6 Å². The van der Waals surface area contributed by atoms with E-state index in [0.717, 1.165) is 58.1 Å². The normalized spacial score (nSPS) is 22.3. The number of nitrogens with zero attached hydrogens (tertiary/aromatic N) is 2. The summed E-state index contributed by atoms with van der Waals surface area (Å²) in [6.45, 7) is 6.66. The Bertz CT molecular complexity index is 832. The maximum atomic E-state index is 13.4. The lowest BCUT2D eigenvalue weighted by Crippen LogP contribution is -2.43. The highest BCUT2D eigenvalue weighted by Crippen LogP contribution is 2.22. The first kappa shape index (κ1) is 18.6. The number of morpholine rings is 1. The van der Waals surface area contributed by atoms with E-state index in [0.29, 0.717) is 16.9 Å². The summed E-state index contributed by atoms with van der Waals surface area (Å²) in [6, 6.07) is 6.55. The van der Waals surface area contributed by atoms with Gasteiger partial charge in [-0.2, -0.15) is 0 Å². The monoisotopic (exact) mass is 373 g/mol. The number of H-pyrrole nitrogens is 1. The number of hydrogen-bond donors (Lipinski definition) is 1. The number of hydrogen-bond acceptors (Lipinski definition) is 4. The number of aromatic nitrogens is 1. The van der Waals surface area contributed by atoms with Gasteiger partial charge in [-0.25, -0.2) is 4.39 Å². The zero-order valence-corrected chi connectivity index (χ0v) is 15.8. The third kappa shape index (κ3) is 4.57. The van der Waals surface area contributed by atoms with E-state index < -0.39 is 0 Å². The summed E-state index contributed by atoms with van der Waals surface area (Å²) in [6.07, 6.45) is 4.85. The molecule has 6 heteroatoms. The summed E-state index contributed by atoms with van der Waals surface area (Å²) >= 11 is 0. The van der Waals surface area contributed by atoms with Crippen LogP contribution in [-0.4, -0.2) is 60.2 Å². The minimum absolute atomic E-state index is 0.111. The third-order valence-corrected chi connectivity index (χ3v) is 5.85. The Morgan fingerprint density at radius 3 is 2.85 bits per heavy atom. The number of piperidine rings is 1. The van der Waals surface area contributed by atoms with Crippen molar-refractivity contribution in [3.05, 3.63) is 46.0 Å². The second-order valence-electron chi connectivity index (χ2n) is 7.71. The fraction of sp³-hybridized carbons (Fsp3) is 0.571. The Morgan fingerprint density at radius 2 is 2.00 bits per heavy atom. The van der Waals surface area contributed by atoms with Gasteiger partial charge in [0.1, 0.15) is 5.82 Å². The van der Waals surface area contributed by atoms with E-state index in [4.69, 9.17) is 4.74 Å². The molecule has 2 aliphatic rings. The minimum Gasteiger partial charge on any atom is -0.379 e. The molecule has 0 radical (unpaired) electrons. The van der Waals surface area contributed by atoms with Gasteiger partial charge in [-0.1, -0.05) is 6.42 Å². The van der Waals surface area contributed by atoms with E-state index >= 15 is 0 Å². The van der Waals surface area contributed by atoms with Crippen molar-refractivity contribution < 1.29 is 9.13 Å². The number of fused-ring (bicyclic) bond motifs is 1. The molecule has 1 aromatic carbocycles. The molecule has 0 bridgehead atoms. The molecule has 2 aliphatic heterocycles. The maximum absolute atomic E-state index is 13.4. The van der Waals surface area contributed by atoms with Crippen molar-refractivity contribution in [2.24, 2.45) is 0 Å². The Balaban J connectivity index is 1.45. The van der Waals surface area contributed by atoms with Crippen molar-refractivity contribution in [1.82, 2.24) is 14.8 Å². The molecule has 0 amide bonds. The van der Waals surface area contributed by atoms with Crippen molar-refractivity contribution in [3.8, 4) is 0 Å². The fourth-order valence-electron chi connectivity index (χ4n) is 4.33. The first-order chi connectivity index (χ1) is 13.2. The van der Waals surface area contributed by atoms with Gasteiger partial charge in [-0.15, -0.1) is 0 Å². The largest absolute Gasteiger partial charge is 0.379 e. The molecule has 1 N–H and O–H groups in total. The van der Waals surface area contributed by atoms with Crippen molar-refractivity contribution in [3.63, 3.8) is 0 Å². The Labute approximate surface area is 159 Å². The molecule has 0 spiro atoms. The summed E-state index contributed by atoms with van der Waals surface area (Å²) in [4.78, 5) is 20.7. The summed E-state index contributed by atoms with van der Waals surface area (Å²) in [5.41, 5.74) is 1.51. The molecule has 27 heavy (non-hydrogen) atoms. The summed E-state index contributed by atoms with van der Waals surface area (Å²) < 4.78 is 18.8. The quantitative estimate of drug-likeness (QED) is 0.876. The van der Waals surface area contributed by atoms with Gasteiger partial charge < -0.3 is 9.72 Å². The van der Waals surface area contributed by atoms with E-state index in [2.05, 4.69) is 14.8 Å². The predicted octanol–water partition coefficient (Wildman–Crippen LogP) is 2.74. The lowest BCUT2D eigenvalue weighted by Gasteiger charge is -2.37. The number of halogens is 1. The zero-order valence-electron chi connectivity index (χ0n) is 15.8. The van der Waals surface area contributed by atoms with E-state index in [9.17, 15) is 9.18 Å². The summed E-state index contributed by atoms with van der Waals surface area (Å²) in [5, 5.41) is 0.418. The third-order valence-electron chi connectivity index (χ3n) is 5.85. The molecule has 0 saturated carbocycles. The Morgan fingerprint density at radius 1 is 1.15 bits per heavy atom. The Kier molecular flexibility index (Phi) is 5.86. The second kappa shape index (κ2) is 8.50. The maximum Gasteiger partial charge on any atom is 0.189 e. The molecule has 4 rings (SSSR count). The average molecular weight is 373 g/mol. The minimum atomic E-state index is -0.375. The molecule has 3 heterocycles. The summed E-state index contributed by atoms with van der Waals surface area (Å²) in [5.74, 6) is -0.375. The average Bonchev–Trinajstić information content (AvgIpc) is 2.69. The van der Waals surface area contributed by atoms with E-state index in [-0.39, 0.29) is 11.2 Å². The van der Waals surface area contributed by atoms with Gasteiger partial charge >= 0.3 is 0 Å². The molecule has 1 atom stereocenters. The van der Waals surface area contributed by atoms with Crippen molar-refractivity contribution in [2.45, 2.75) is 38.3 Å². The highest BCUT2D eigenvalue weighted by atomic mass is 19.1. The fourth-order valence-corrected chi connectivity index (χ4v) is 4.33. The second-order valence-corrected chi connectivity index (χ2v) is 7.71. The predicted molar refractivity (Wildman–Crippen MR) is 104 cm³/mol. The summed E-state index contributed by atoms with van der Waals surface area (Å²) in [7, 11) is 0. The van der Waals surface area contributed by atoms with Crippen LogP contribution in [0.5, 0.6) is 0 Å². The molecule has 5 nitrogen and oxygen atoms in total. The smallest absolute Gasteiger partial charge is 0.189 e. The van der Waals surface area contributed by atoms with Crippen LogP contribution in [0.3, 0.4) is 0 Å². The molecule has 2 saturated heterocycles. The van der Waals surface area contributed by atoms with Gasteiger partial charge in [-0.05, 0) is 50.6 Å². The van der Waals surface area contributed by atoms with Crippen LogP contribution in [0.1, 0.15) is 31.4 Å². The highest BCUT2D eigenvalue weighted by molar-refractivity contribution is 5.78. The van der Waals surface area contributed by atoms with E-state index in [1.165, 1.54) is 31.4 Å². The number of ether oxygens (including phenoxy) is 1. The first-order valence-corrected chi connectivity index (χ1v) is 10.0. The molecule has 146 valence electrons. The zero-order chi connectivity index (χ0) is 18.6. The first-order valence-electron chi connectivity index (χ1n) is 10.0. The van der Waals surface area contributed by atoms with Gasteiger partial charge in [0, 0.05) is 48.3 Å². The molecule has 2 aromatic rings. The van der Waals surface area contributed by atoms with Crippen LogP contribution in [0.15, 0.2) is 29.1 Å². The van der Waals surface area contributed by atoms with Crippen molar-refractivity contribution >= 4 is 10.9 Å². The molecular formula is C21H28FN3O2. The van der Waals surface area contributed by atoms with Crippen molar-refractivity contribution in [2.75, 3.05) is 39.4 Å². The number of nitrogens with one attached hydrogen (secondary N) is 1.